The molecular weight excluding hydrogens is 394 g/mol. The number of benzene rings is 2. The number of hydrogen-bond donors (Lipinski definition) is 1. The van der Waals surface area contributed by atoms with Gasteiger partial charge in [0.15, 0.2) is 5.16 Å². The number of hydrogen-bond acceptors (Lipinski definition) is 5. The van der Waals surface area contributed by atoms with Crippen LogP contribution in [-0.4, -0.2) is 25.7 Å². The van der Waals surface area contributed by atoms with E-state index in [4.69, 9.17) is 0 Å². The van der Waals surface area contributed by atoms with Crippen molar-refractivity contribution in [2.75, 3.05) is 5.32 Å². The third-order valence-electron chi connectivity index (χ3n) is 4.39. The molecule has 30 heavy (non-hydrogen) atoms. The summed E-state index contributed by atoms with van der Waals surface area (Å²) < 4.78 is 1.78. The van der Waals surface area contributed by atoms with Crippen LogP contribution in [0.1, 0.15) is 27.3 Å². The topological polar surface area (TPSA) is 72.7 Å². The minimum absolute atomic E-state index is 0.156. The molecule has 0 atom stereocenters. The van der Waals surface area contributed by atoms with Gasteiger partial charge in [0.05, 0.1) is 11.9 Å². The van der Waals surface area contributed by atoms with E-state index in [-0.39, 0.29) is 5.91 Å². The van der Waals surface area contributed by atoms with E-state index in [1.54, 1.807) is 23.0 Å². The summed E-state index contributed by atoms with van der Waals surface area (Å²) >= 11 is 1.50. The van der Waals surface area contributed by atoms with Crippen molar-refractivity contribution in [2.24, 2.45) is 0 Å². The molecule has 0 fully saturated rings. The summed E-state index contributed by atoms with van der Waals surface area (Å²) in [5, 5.41) is 7.93. The van der Waals surface area contributed by atoms with E-state index in [0.29, 0.717) is 5.56 Å². The first-order valence-corrected chi connectivity index (χ1v) is 10.3. The van der Waals surface area contributed by atoms with Gasteiger partial charge in [0.2, 0.25) is 0 Å². The average molecular weight is 416 g/mol. The Labute approximate surface area is 179 Å². The predicted octanol–water partition coefficient (Wildman–Crippen LogP) is 4.99. The normalized spacial score (nSPS) is 10.8. The van der Waals surface area contributed by atoms with Crippen molar-refractivity contribution < 1.29 is 4.79 Å². The second-order valence-corrected chi connectivity index (χ2v) is 8.06. The fourth-order valence-corrected chi connectivity index (χ4v) is 3.84. The highest BCUT2D eigenvalue weighted by Crippen LogP contribution is 2.26. The van der Waals surface area contributed by atoms with Crippen LogP contribution in [0.4, 0.5) is 5.69 Å². The molecule has 0 spiro atoms. The molecule has 2 aromatic heterocycles. The minimum atomic E-state index is -0.156. The largest absolute Gasteiger partial charge is 0.322 e. The SMILES string of the molecule is Cc1cnn(-c2ccc(C(=O)Nc3ccc(Sc4nc(C)cc(C)n4)cc3)cc2)c1. The van der Waals surface area contributed by atoms with Gasteiger partial charge < -0.3 is 5.32 Å². The van der Waals surface area contributed by atoms with Crippen LogP contribution < -0.4 is 5.32 Å². The number of rotatable bonds is 5. The molecule has 0 radical (unpaired) electrons. The monoisotopic (exact) mass is 415 g/mol. The van der Waals surface area contributed by atoms with Crippen molar-refractivity contribution in [1.82, 2.24) is 19.7 Å². The van der Waals surface area contributed by atoms with Crippen LogP contribution >= 0.6 is 11.8 Å². The van der Waals surface area contributed by atoms with Gasteiger partial charge >= 0.3 is 0 Å². The van der Waals surface area contributed by atoms with Crippen LogP contribution in [0.5, 0.6) is 0 Å². The van der Waals surface area contributed by atoms with Crippen LogP contribution in [0.2, 0.25) is 0 Å². The van der Waals surface area contributed by atoms with Crippen LogP contribution in [0.15, 0.2) is 77.0 Å². The second kappa shape index (κ2) is 8.51. The zero-order valence-electron chi connectivity index (χ0n) is 17.0. The van der Waals surface area contributed by atoms with Gasteiger partial charge in [0.1, 0.15) is 0 Å². The van der Waals surface area contributed by atoms with Gasteiger partial charge in [0.25, 0.3) is 5.91 Å². The Hall–Kier alpha value is -3.45. The zero-order chi connectivity index (χ0) is 21.1. The zero-order valence-corrected chi connectivity index (χ0v) is 17.8. The Kier molecular flexibility index (Phi) is 5.63. The molecule has 1 amide bonds. The van der Waals surface area contributed by atoms with Crippen LogP contribution in [0, 0.1) is 20.8 Å². The average Bonchev–Trinajstić information content (AvgIpc) is 3.15. The lowest BCUT2D eigenvalue weighted by Gasteiger charge is -2.08. The number of anilines is 1. The summed E-state index contributed by atoms with van der Waals surface area (Å²) in [6, 6.07) is 17.0. The van der Waals surface area contributed by atoms with Gasteiger partial charge in [-0.1, -0.05) is 0 Å². The fraction of sp³-hybridized carbons (Fsp3) is 0.130. The first-order chi connectivity index (χ1) is 14.5. The maximum Gasteiger partial charge on any atom is 0.255 e. The smallest absolute Gasteiger partial charge is 0.255 e. The molecule has 0 saturated heterocycles. The first-order valence-electron chi connectivity index (χ1n) is 9.49. The van der Waals surface area contributed by atoms with Gasteiger partial charge in [-0.25, -0.2) is 14.6 Å². The first kappa shape index (κ1) is 19.8. The molecule has 2 aromatic carbocycles. The highest BCUT2D eigenvalue weighted by Gasteiger charge is 2.08. The molecule has 4 rings (SSSR count). The number of carbonyl (C=O) groups excluding carboxylic acids is 1. The maximum atomic E-state index is 12.6. The third-order valence-corrected chi connectivity index (χ3v) is 5.26. The molecule has 0 saturated carbocycles. The lowest BCUT2D eigenvalue weighted by atomic mass is 10.2. The highest BCUT2D eigenvalue weighted by molar-refractivity contribution is 7.99. The van der Waals surface area contributed by atoms with E-state index >= 15 is 0 Å². The molecule has 0 bridgehead atoms. The molecule has 6 nitrogen and oxygen atoms in total. The lowest BCUT2D eigenvalue weighted by Crippen LogP contribution is -2.11. The summed E-state index contributed by atoms with van der Waals surface area (Å²) in [7, 11) is 0. The molecule has 0 unspecified atom stereocenters. The van der Waals surface area contributed by atoms with E-state index < -0.39 is 0 Å². The quantitative estimate of drug-likeness (QED) is 0.465. The summed E-state index contributed by atoms with van der Waals surface area (Å²) in [4.78, 5) is 22.5. The van der Waals surface area contributed by atoms with Gasteiger partial charge in [-0.05, 0) is 92.7 Å². The number of amides is 1. The highest BCUT2D eigenvalue weighted by atomic mass is 32.2. The number of nitrogens with one attached hydrogen (secondary N) is 1. The molecule has 7 heteroatoms. The van der Waals surface area contributed by atoms with Gasteiger partial charge in [-0.2, -0.15) is 5.10 Å². The number of carbonyl (C=O) groups is 1. The van der Waals surface area contributed by atoms with Crippen molar-refractivity contribution >= 4 is 23.4 Å². The van der Waals surface area contributed by atoms with E-state index in [2.05, 4.69) is 20.4 Å². The van der Waals surface area contributed by atoms with Crippen molar-refractivity contribution in [3.63, 3.8) is 0 Å². The summed E-state index contributed by atoms with van der Waals surface area (Å²) in [6.45, 7) is 5.91. The Morgan fingerprint density at radius 2 is 1.60 bits per heavy atom. The van der Waals surface area contributed by atoms with Crippen molar-refractivity contribution in [2.45, 2.75) is 30.8 Å². The molecular formula is C23H21N5OS. The van der Waals surface area contributed by atoms with Crippen LogP contribution in [0.3, 0.4) is 0 Å². The molecule has 150 valence electrons. The van der Waals surface area contributed by atoms with Gasteiger partial charge in [-0.3, -0.25) is 4.79 Å². The van der Waals surface area contributed by atoms with E-state index in [9.17, 15) is 4.79 Å². The van der Waals surface area contributed by atoms with Crippen molar-refractivity contribution in [3.05, 3.63) is 89.5 Å². The molecule has 0 aliphatic rings. The Bertz CT molecular complexity index is 1160. The number of aromatic nitrogens is 4. The molecule has 0 aliphatic carbocycles. The minimum Gasteiger partial charge on any atom is -0.322 e. The number of aryl methyl sites for hydroxylation is 3. The van der Waals surface area contributed by atoms with E-state index in [1.807, 2.05) is 69.4 Å². The van der Waals surface area contributed by atoms with Gasteiger partial charge in [0, 0.05) is 33.7 Å². The third kappa shape index (κ3) is 4.75. The van der Waals surface area contributed by atoms with E-state index in [0.717, 1.165) is 38.4 Å². The predicted molar refractivity (Wildman–Crippen MR) is 118 cm³/mol. The molecule has 4 aromatic rings. The van der Waals surface area contributed by atoms with Crippen LogP contribution in [0.25, 0.3) is 5.69 Å². The second-order valence-electron chi connectivity index (χ2n) is 7.02. The molecule has 1 N–H and O–H groups in total. The summed E-state index contributed by atoms with van der Waals surface area (Å²) in [5.41, 5.74) is 5.21. The van der Waals surface area contributed by atoms with E-state index in [1.165, 1.54) is 11.8 Å². The maximum absolute atomic E-state index is 12.6. The summed E-state index contributed by atoms with van der Waals surface area (Å²) in [5.74, 6) is -0.156. The molecule has 0 aliphatic heterocycles. The Morgan fingerprint density at radius 3 is 2.20 bits per heavy atom. The van der Waals surface area contributed by atoms with Crippen LogP contribution in [-0.2, 0) is 0 Å². The Balaban J connectivity index is 1.41. The number of nitrogens with zero attached hydrogens (tertiary/aromatic N) is 4. The van der Waals surface area contributed by atoms with Crippen molar-refractivity contribution in [1.29, 1.82) is 0 Å². The molecule has 2 heterocycles. The lowest BCUT2D eigenvalue weighted by molar-refractivity contribution is 0.102. The van der Waals surface area contributed by atoms with Gasteiger partial charge in [-0.15, -0.1) is 0 Å². The fourth-order valence-electron chi connectivity index (χ4n) is 2.97. The summed E-state index contributed by atoms with van der Waals surface area (Å²) in [6.07, 6.45) is 3.74. The van der Waals surface area contributed by atoms with Crippen molar-refractivity contribution in [3.8, 4) is 5.69 Å². The standard InChI is InChI=1S/C23H21N5OS/c1-15-13-24-28(14-15)20-8-4-18(5-9-20)22(29)27-19-6-10-21(11-7-19)30-23-25-16(2)12-17(3)26-23/h4-14H,1-3H3,(H,27,29). The Morgan fingerprint density at radius 1 is 0.933 bits per heavy atom.